The highest BCUT2D eigenvalue weighted by molar-refractivity contribution is 7.16. The maximum Gasteiger partial charge on any atom is 0.275 e. The van der Waals surface area contributed by atoms with Crippen molar-refractivity contribution in [3.8, 4) is 5.75 Å². The van der Waals surface area contributed by atoms with Gasteiger partial charge in [-0.25, -0.2) is 13.8 Å². The number of nitrogens with zero attached hydrogens (tertiary/aromatic N) is 2. The number of fused-ring (bicyclic) bond motifs is 1. The molecule has 3 fully saturated rings. The Morgan fingerprint density at radius 1 is 1.16 bits per heavy atom. The molecule has 0 radical (unpaired) electrons. The van der Waals surface area contributed by atoms with Crippen LogP contribution < -0.4 is 15.0 Å². The third-order valence-electron chi connectivity index (χ3n) is 6.34. The van der Waals surface area contributed by atoms with E-state index in [1.807, 2.05) is 0 Å². The summed E-state index contributed by atoms with van der Waals surface area (Å²) in [6, 6.07) is 2.10. The van der Waals surface area contributed by atoms with Gasteiger partial charge in [0.25, 0.3) is 5.91 Å². The first kappa shape index (κ1) is 20.6. The van der Waals surface area contributed by atoms with E-state index >= 15 is 0 Å². The van der Waals surface area contributed by atoms with Crippen molar-refractivity contribution in [3.05, 3.63) is 34.3 Å². The number of rotatable bonds is 7. The molecule has 2 heterocycles. The molecule has 1 aliphatic heterocycles. The van der Waals surface area contributed by atoms with Crippen molar-refractivity contribution in [1.29, 1.82) is 0 Å². The largest absolute Gasteiger partial charge is 0.484 e. The number of aromatic nitrogens is 1. The second-order valence-electron chi connectivity index (χ2n) is 8.59. The van der Waals surface area contributed by atoms with Gasteiger partial charge in [0.15, 0.2) is 22.5 Å². The average molecular weight is 452 g/mol. The van der Waals surface area contributed by atoms with Gasteiger partial charge in [-0.05, 0) is 43.9 Å². The number of halogens is 3. The van der Waals surface area contributed by atoms with Crippen LogP contribution in [0.1, 0.15) is 47.5 Å². The number of anilines is 2. The van der Waals surface area contributed by atoms with Gasteiger partial charge in [0.1, 0.15) is 5.69 Å². The molecule has 1 N–H and O–H groups in total. The van der Waals surface area contributed by atoms with Crippen LogP contribution >= 0.6 is 11.3 Å². The molecule has 0 spiro atoms. The highest BCUT2D eigenvalue weighted by atomic mass is 32.1. The zero-order chi connectivity index (χ0) is 21.5. The van der Waals surface area contributed by atoms with Crippen LogP contribution in [-0.2, 0) is 6.42 Å². The zero-order valence-electron chi connectivity index (χ0n) is 17.0. The summed E-state index contributed by atoms with van der Waals surface area (Å²) >= 11 is 1.30. The van der Waals surface area contributed by atoms with E-state index in [9.17, 15) is 18.0 Å². The topological polar surface area (TPSA) is 54.5 Å². The first-order chi connectivity index (χ1) is 15.0. The van der Waals surface area contributed by atoms with Crippen molar-refractivity contribution in [2.75, 3.05) is 30.0 Å². The Morgan fingerprint density at radius 3 is 2.48 bits per heavy atom. The molecule has 2 saturated carbocycles. The molecule has 9 heteroatoms. The van der Waals surface area contributed by atoms with E-state index in [0.29, 0.717) is 21.8 Å². The van der Waals surface area contributed by atoms with E-state index in [4.69, 9.17) is 4.74 Å². The third-order valence-corrected chi connectivity index (χ3v) is 7.52. The molecule has 166 valence electrons. The first-order valence-corrected chi connectivity index (χ1v) is 11.6. The normalized spacial score (nSPS) is 24.4. The smallest absolute Gasteiger partial charge is 0.275 e. The standard InChI is InChI=1S/C22H24F3N3O2S/c23-4-3-18-19(27-22(31-18)28-5-1-2-6-28)21(29)26-14-10-16(24)20(17(25)11-14)30-15-8-12-7-13(12)9-15/h10-13,15H,1-9H2,(H,26,29). The summed E-state index contributed by atoms with van der Waals surface area (Å²) in [4.78, 5) is 19.8. The van der Waals surface area contributed by atoms with E-state index in [-0.39, 0.29) is 23.9 Å². The lowest BCUT2D eigenvalue weighted by atomic mass is 10.2. The Bertz CT molecular complexity index is 959. The fourth-order valence-corrected chi connectivity index (χ4v) is 5.76. The van der Waals surface area contributed by atoms with Crippen LogP contribution in [0.5, 0.6) is 5.75 Å². The SMILES string of the molecule is O=C(Nc1cc(F)c(OC2CC3CC3C2)c(F)c1)c1nc(N2CCCC2)sc1CCF. The molecule has 2 aliphatic carbocycles. The van der Waals surface area contributed by atoms with Gasteiger partial charge in [-0.1, -0.05) is 0 Å². The molecule has 1 amide bonds. The minimum atomic E-state index is -0.851. The van der Waals surface area contributed by atoms with E-state index in [1.54, 1.807) is 0 Å². The van der Waals surface area contributed by atoms with Crippen LogP contribution in [0.2, 0.25) is 0 Å². The lowest BCUT2D eigenvalue weighted by Gasteiger charge is -2.17. The van der Waals surface area contributed by atoms with Crippen LogP contribution in [0.25, 0.3) is 0 Å². The average Bonchev–Trinajstić information content (AvgIpc) is 3.17. The minimum Gasteiger partial charge on any atom is -0.484 e. The number of alkyl halides is 1. The van der Waals surface area contributed by atoms with Gasteiger partial charge >= 0.3 is 0 Å². The van der Waals surface area contributed by atoms with Crippen molar-refractivity contribution in [2.24, 2.45) is 11.8 Å². The van der Waals surface area contributed by atoms with Crippen LogP contribution in [-0.4, -0.2) is 36.8 Å². The van der Waals surface area contributed by atoms with Crippen molar-refractivity contribution in [1.82, 2.24) is 4.98 Å². The number of thiazole rings is 1. The molecule has 2 unspecified atom stereocenters. The van der Waals surface area contributed by atoms with E-state index in [0.717, 1.165) is 50.9 Å². The molecule has 0 bridgehead atoms. The summed E-state index contributed by atoms with van der Waals surface area (Å²) in [5.41, 5.74) is 0.0828. The first-order valence-electron chi connectivity index (χ1n) is 10.8. The van der Waals surface area contributed by atoms with Crippen LogP contribution in [0, 0.1) is 23.5 Å². The molecule has 5 nitrogen and oxygen atoms in total. The van der Waals surface area contributed by atoms with Gasteiger partial charge < -0.3 is 15.0 Å². The fourth-order valence-electron chi connectivity index (χ4n) is 4.67. The van der Waals surface area contributed by atoms with E-state index < -0.39 is 30.0 Å². The number of aryl methyl sites for hydroxylation is 1. The Hall–Kier alpha value is -2.29. The van der Waals surface area contributed by atoms with Gasteiger partial charge in [0.2, 0.25) is 0 Å². The predicted octanol–water partition coefficient (Wildman–Crippen LogP) is 4.96. The number of nitrogens with one attached hydrogen (secondary N) is 1. The monoisotopic (exact) mass is 451 g/mol. The zero-order valence-corrected chi connectivity index (χ0v) is 17.8. The fraction of sp³-hybridized carbons (Fsp3) is 0.545. The molecule has 2 aromatic rings. The summed E-state index contributed by atoms with van der Waals surface area (Å²) in [5, 5.41) is 3.19. The molecule has 1 saturated heterocycles. The van der Waals surface area contributed by atoms with Crippen LogP contribution in [0.15, 0.2) is 12.1 Å². The molecule has 3 aliphatic rings. The lowest BCUT2D eigenvalue weighted by molar-refractivity contribution is 0.102. The van der Waals surface area contributed by atoms with Crippen LogP contribution in [0.3, 0.4) is 0 Å². The number of carbonyl (C=O) groups excluding carboxylic acids is 1. The summed E-state index contributed by atoms with van der Waals surface area (Å²) in [7, 11) is 0. The molecular formula is C22H24F3N3O2S. The quantitative estimate of drug-likeness (QED) is 0.646. The Morgan fingerprint density at radius 2 is 1.84 bits per heavy atom. The molecule has 1 aromatic carbocycles. The molecule has 1 aromatic heterocycles. The minimum absolute atomic E-state index is 0.0245. The maximum absolute atomic E-state index is 14.5. The van der Waals surface area contributed by atoms with Gasteiger partial charge in [0.05, 0.1) is 12.8 Å². The Balaban J connectivity index is 1.31. The van der Waals surface area contributed by atoms with Crippen molar-refractivity contribution >= 4 is 28.1 Å². The molecular weight excluding hydrogens is 427 g/mol. The lowest BCUT2D eigenvalue weighted by Crippen LogP contribution is -2.19. The second kappa shape index (κ2) is 8.33. The summed E-state index contributed by atoms with van der Waals surface area (Å²) in [6.45, 7) is 1.09. The van der Waals surface area contributed by atoms with Crippen molar-refractivity contribution < 1.29 is 22.7 Å². The van der Waals surface area contributed by atoms with Gasteiger partial charge in [-0.3, -0.25) is 9.18 Å². The maximum atomic E-state index is 14.5. The number of hydrogen-bond donors (Lipinski definition) is 1. The van der Waals surface area contributed by atoms with Crippen LogP contribution in [0.4, 0.5) is 24.0 Å². The number of carbonyl (C=O) groups is 1. The van der Waals surface area contributed by atoms with Gasteiger partial charge in [-0.15, -0.1) is 11.3 Å². The number of amides is 1. The Kier molecular flexibility index (Phi) is 5.54. The summed E-state index contributed by atoms with van der Waals surface area (Å²) in [5.74, 6) is -1.43. The molecule has 31 heavy (non-hydrogen) atoms. The number of benzene rings is 1. The molecule has 2 atom stereocenters. The van der Waals surface area contributed by atoms with Gasteiger partial charge in [0, 0.05) is 42.2 Å². The van der Waals surface area contributed by atoms with Gasteiger partial charge in [-0.2, -0.15) is 0 Å². The highest BCUT2D eigenvalue weighted by Gasteiger charge is 2.47. The number of ether oxygens (including phenoxy) is 1. The number of hydrogen-bond acceptors (Lipinski definition) is 5. The second-order valence-corrected chi connectivity index (χ2v) is 9.65. The summed E-state index contributed by atoms with van der Waals surface area (Å²) in [6.07, 6.45) is 4.88. The Labute approximate surface area is 182 Å². The van der Waals surface area contributed by atoms with E-state index in [2.05, 4.69) is 15.2 Å². The summed E-state index contributed by atoms with van der Waals surface area (Å²) < 4.78 is 47.7. The molecule has 5 rings (SSSR count). The highest BCUT2D eigenvalue weighted by Crippen LogP contribution is 2.52. The van der Waals surface area contributed by atoms with Crippen molar-refractivity contribution in [2.45, 2.75) is 44.6 Å². The predicted molar refractivity (Wildman–Crippen MR) is 113 cm³/mol. The van der Waals surface area contributed by atoms with E-state index in [1.165, 1.54) is 17.8 Å². The third kappa shape index (κ3) is 4.24. The van der Waals surface area contributed by atoms with Crippen molar-refractivity contribution in [3.63, 3.8) is 0 Å².